The number of nitrogens with one attached hydrogen (secondary N) is 1. The van der Waals surface area contributed by atoms with Gasteiger partial charge in [-0.25, -0.2) is 4.79 Å². The van der Waals surface area contributed by atoms with Crippen LogP contribution in [0.1, 0.15) is 52.0 Å². The Kier molecular flexibility index (Phi) is 5.64. The number of fused-ring (bicyclic) bond motifs is 1. The third kappa shape index (κ3) is 3.89. The Morgan fingerprint density at radius 1 is 1.27 bits per heavy atom. The van der Waals surface area contributed by atoms with E-state index < -0.39 is 5.97 Å². The van der Waals surface area contributed by atoms with E-state index in [9.17, 15) is 9.90 Å². The number of H-pyrrole nitrogens is 1. The highest BCUT2D eigenvalue weighted by Crippen LogP contribution is 2.41. The normalized spacial score (nSPS) is 19.1. The molecule has 5 rings (SSSR count). The molecule has 4 aromatic rings. The highest BCUT2D eigenvalue weighted by atomic mass is 16.5. The summed E-state index contributed by atoms with van der Waals surface area (Å²) >= 11 is 0. The van der Waals surface area contributed by atoms with Crippen molar-refractivity contribution in [2.75, 3.05) is 13.7 Å². The number of carbonyl (C=O) groups is 1. The third-order valence-electron chi connectivity index (χ3n) is 6.83. The van der Waals surface area contributed by atoms with Gasteiger partial charge in [0.05, 0.1) is 18.7 Å². The quantitative estimate of drug-likeness (QED) is 0.439. The van der Waals surface area contributed by atoms with Gasteiger partial charge in [0.1, 0.15) is 5.75 Å². The van der Waals surface area contributed by atoms with E-state index in [0.717, 1.165) is 52.7 Å². The van der Waals surface area contributed by atoms with E-state index in [2.05, 4.69) is 34.0 Å². The van der Waals surface area contributed by atoms with Gasteiger partial charge in [0.25, 0.3) is 0 Å². The summed E-state index contributed by atoms with van der Waals surface area (Å²) in [6, 6.07) is 13.6. The van der Waals surface area contributed by atoms with Crippen LogP contribution in [0.25, 0.3) is 10.9 Å². The maximum absolute atomic E-state index is 12.1. The lowest BCUT2D eigenvalue weighted by Gasteiger charge is -2.40. The van der Waals surface area contributed by atoms with Crippen molar-refractivity contribution in [3.63, 3.8) is 0 Å². The number of carboxylic acids is 1. The lowest BCUT2D eigenvalue weighted by atomic mass is 9.88. The summed E-state index contributed by atoms with van der Waals surface area (Å²) in [4.78, 5) is 17.8. The van der Waals surface area contributed by atoms with Crippen molar-refractivity contribution in [3.05, 3.63) is 83.3 Å². The van der Waals surface area contributed by atoms with Crippen molar-refractivity contribution in [1.82, 2.24) is 19.7 Å². The average molecular weight is 445 g/mol. The first-order valence-electron chi connectivity index (χ1n) is 11.3. The second-order valence-corrected chi connectivity index (χ2v) is 8.68. The van der Waals surface area contributed by atoms with Gasteiger partial charge in [-0.3, -0.25) is 9.58 Å². The van der Waals surface area contributed by atoms with Crippen molar-refractivity contribution in [2.24, 2.45) is 0 Å². The van der Waals surface area contributed by atoms with E-state index in [1.807, 2.05) is 35.3 Å². The van der Waals surface area contributed by atoms with Gasteiger partial charge in [0.2, 0.25) is 0 Å². The Bertz CT molecular complexity index is 1280. The topological polar surface area (TPSA) is 83.4 Å². The molecule has 0 saturated carbocycles. The summed E-state index contributed by atoms with van der Waals surface area (Å²) in [7, 11) is 1.71. The summed E-state index contributed by atoms with van der Waals surface area (Å²) in [5.41, 5.74) is 4.57. The minimum atomic E-state index is -0.896. The molecule has 1 aliphatic rings. The maximum Gasteiger partial charge on any atom is 0.336 e. The number of aryl methyl sites for hydroxylation is 1. The molecule has 2 N–H and O–H groups in total. The lowest BCUT2D eigenvalue weighted by Crippen LogP contribution is -2.38. The monoisotopic (exact) mass is 444 g/mol. The van der Waals surface area contributed by atoms with Crippen LogP contribution >= 0.6 is 0 Å². The van der Waals surface area contributed by atoms with E-state index in [4.69, 9.17) is 4.74 Å². The van der Waals surface area contributed by atoms with Gasteiger partial charge in [0.15, 0.2) is 0 Å². The number of methoxy groups -OCH3 is 1. The predicted octanol–water partition coefficient (Wildman–Crippen LogP) is 4.96. The predicted molar refractivity (Wildman–Crippen MR) is 127 cm³/mol. The number of benzene rings is 2. The summed E-state index contributed by atoms with van der Waals surface area (Å²) in [6.45, 7) is 3.57. The number of hydrogen-bond donors (Lipinski definition) is 2. The molecule has 33 heavy (non-hydrogen) atoms. The molecule has 2 atom stereocenters. The zero-order valence-electron chi connectivity index (χ0n) is 18.9. The minimum absolute atomic E-state index is 0.0553. The van der Waals surface area contributed by atoms with Gasteiger partial charge < -0.3 is 14.8 Å². The molecule has 7 nitrogen and oxygen atoms in total. The van der Waals surface area contributed by atoms with E-state index in [1.54, 1.807) is 25.4 Å². The fourth-order valence-electron chi connectivity index (χ4n) is 5.21. The third-order valence-corrected chi connectivity index (χ3v) is 6.83. The number of nitrogens with zero attached hydrogens (tertiary/aromatic N) is 3. The van der Waals surface area contributed by atoms with Crippen molar-refractivity contribution in [3.8, 4) is 5.75 Å². The van der Waals surface area contributed by atoms with Crippen LogP contribution in [0.15, 0.2) is 61.1 Å². The summed E-state index contributed by atoms with van der Waals surface area (Å²) in [5, 5.41) is 15.5. The number of likely N-dealkylation sites (tertiary alicyclic amines) is 1. The largest absolute Gasteiger partial charge is 0.496 e. The number of rotatable bonds is 6. The van der Waals surface area contributed by atoms with Gasteiger partial charge in [-0.2, -0.15) is 5.10 Å². The van der Waals surface area contributed by atoms with Crippen LogP contribution in [0.4, 0.5) is 0 Å². The van der Waals surface area contributed by atoms with Crippen molar-refractivity contribution >= 4 is 16.9 Å². The number of ether oxygens (including phenoxy) is 1. The van der Waals surface area contributed by atoms with Gasteiger partial charge in [0, 0.05) is 54.2 Å². The zero-order chi connectivity index (χ0) is 22.9. The van der Waals surface area contributed by atoms with Gasteiger partial charge in [-0.1, -0.05) is 18.2 Å². The van der Waals surface area contributed by atoms with Crippen molar-refractivity contribution in [1.29, 1.82) is 0 Å². The van der Waals surface area contributed by atoms with E-state index in [-0.39, 0.29) is 12.1 Å². The fraction of sp³-hybridized carbons (Fsp3) is 0.308. The Balaban J connectivity index is 1.57. The fourth-order valence-corrected chi connectivity index (χ4v) is 5.21. The highest BCUT2D eigenvalue weighted by Gasteiger charge is 2.33. The van der Waals surface area contributed by atoms with Crippen LogP contribution in [-0.2, 0) is 6.54 Å². The molecule has 170 valence electrons. The molecule has 0 aliphatic carbocycles. The Hall–Kier alpha value is -3.58. The van der Waals surface area contributed by atoms with Crippen LogP contribution in [-0.4, -0.2) is 44.4 Å². The Morgan fingerprint density at radius 3 is 2.88 bits per heavy atom. The van der Waals surface area contributed by atoms with Crippen LogP contribution in [0.2, 0.25) is 0 Å². The van der Waals surface area contributed by atoms with Crippen molar-refractivity contribution < 1.29 is 14.6 Å². The molecule has 1 saturated heterocycles. The van der Waals surface area contributed by atoms with Crippen LogP contribution < -0.4 is 4.74 Å². The van der Waals surface area contributed by atoms with Crippen LogP contribution in [0.5, 0.6) is 5.75 Å². The van der Waals surface area contributed by atoms with E-state index in [0.29, 0.717) is 12.1 Å². The smallest absolute Gasteiger partial charge is 0.336 e. The molecule has 0 bridgehead atoms. The summed E-state index contributed by atoms with van der Waals surface area (Å²) in [6.07, 6.45) is 7.48. The molecule has 3 heterocycles. The number of hydrogen-bond acceptors (Lipinski definition) is 4. The zero-order valence-corrected chi connectivity index (χ0v) is 18.9. The molecule has 0 radical (unpaired) electrons. The van der Waals surface area contributed by atoms with Gasteiger partial charge >= 0.3 is 5.97 Å². The molecule has 0 unspecified atom stereocenters. The molecule has 0 spiro atoms. The van der Waals surface area contributed by atoms with Crippen LogP contribution in [0, 0.1) is 6.92 Å². The first kappa shape index (κ1) is 21.3. The second-order valence-electron chi connectivity index (χ2n) is 8.68. The first-order valence-corrected chi connectivity index (χ1v) is 11.3. The number of aromatic amines is 1. The Labute approximate surface area is 192 Å². The minimum Gasteiger partial charge on any atom is -0.496 e. The number of aromatic carboxylic acids is 1. The number of aromatic nitrogens is 3. The molecular weight excluding hydrogens is 416 g/mol. The second kappa shape index (κ2) is 8.75. The van der Waals surface area contributed by atoms with Gasteiger partial charge in [-0.15, -0.1) is 0 Å². The Morgan fingerprint density at radius 2 is 2.12 bits per heavy atom. The summed E-state index contributed by atoms with van der Waals surface area (Å²) in [5.74, 6) is -0.0354. The maximum atomic E-state index is 12.1. The molecule has 0 amide bonds. The molecule has 1 aliphatic heterocycles. The highest BCUT2D eigenvalue weighted by molar-refractivity contribution is 5.90. The lowest BCUT2D eigenvalue weighted by molar-refractivity contribution is 0.0682. The molecular formula is C26H28N4O3. The first-order chi connectivity index (χ1) is 16.1. The van der Waals surface area contributed by atoms with Gasteiger partial charge in [-0.05, 0) is 55.2 Å². The standard InChI is InChI=1S/C26H28N4O3/c1-17-14-24(33-2)22(20-8-11-27-25(17)20)16-29-13-9-18(30-12-5-10-28-30)15-23(29)19-6-3-4-7-21(19)26(31)32/h3-8,10-12,14,18,23,27H,9,13,15-16H2,1-2H3,(H,31,32)/t18-,23-/m0/s1. The summed E-state index contributed by atoms with van der Waals surface area (Å²) < 4.78 is 7.78. The van der Waals surface area contributed by atoms with Crippen molar-refractivity contribution in [2.45, 2.75) is 38.4 Å². The number of piperidine rings is 1. The van der Waals surface area contributed by atoms with E-state index in [1.165, 1.54) is 0 Å². The van der Waals surface area contributed by atoms with Crippen LogP contribution in [0.3, 0.4) is 0 Å². The molecule has 2 aromatic carbocycles. The molecule has 7 heteroatoms. The molecule has 2 aromatic heterocycles. The van der Waals surface area contributed by atoms with E-state index >= 15 is 0 Å². The number of carboxylic acid groups (broad SMARTS) is 1. The average Bonchev–Trinajstić information content (AvgIpc) is 3.54. The SMILES string of the molecule is COc1cc(C)c2[nH]ccc2c1CN1CC[C@H](n2cccn2)C[C@H]1c1ccccc1C(=O)O. The molecule has 1 fully saturated rings.